The average molecular weight is 335 g/mol. The first-order chi connectivity index (χ1) is 12.2. The molecule has 0 aromatic heterocycles. The van der Waals surface area contributed by atoms with Crippen molar-refractivity contribution < 1.29 is 9.59 Å². The Bertz CT molecular complexity index is 769. The van der Waals surface area contributed by atoms with Gasteiger partial charge in [0.25, 0.3) is 5.91 Å². The fourth-order valence-corrected chi connectivity index (χ4v) is 3.20. The standard InChI is InChI=1S/C20H21N3O2/c24-19(23(18-10-11-18)14-15-4-2-1-3-5-15)16-6-8-17(9-7-16)22-13-12-21-20(22)25/h1-9,18H,10-14H2,(H,21,25). The van der Waals surface area contributed by atoms with E-state index in [1.165, 1.54) is 0 Å². The fourth-order valence-electron chi connectivity index (χ4n) is 3.20. The van der Waals surface area contributed by atoms with E-state index < -0.39 is 0 Å². The predicted octanol–water partition coefficient (Wildman–Crippen LogP) is 3.02. The molecule has 1 saturated heterocycles. The van der Waals surface area contributed by atoms with Crippen LogP contribution in [0, 0.1) is 0 Å². The summed E-state index contributed by atoms with van der Waals surface area (Å²) in [6.07, 6.45) is 2.15. The van der Waals surface area contributed by atoms with E-state index in [9.17, 15) is 9.59 Å². The van der Waals surface area contributed by atoms with Gasteiger partial charge in [0.1, 0.15) is 0 Å². The van der Waals surface area contributed by atoms with Gasteiger partial charge in [-0.3, -0.25) is 9.69 Å². The van der Waals surface area contributed by atoms with Gasteiger partial charge in [0, 0.05) is 36.9 Å². The predicted molar refractivity (Wildman–Crippen MR) is 96.5 cm³/mol. The van der Waals surface area contributed by atoms with E-state index in [1.54, 1.807) is 4.90 Å². The number of urea groups is 1. The molecule has 1 saturated carbocycles. The number of nitrogens with one attached hydrogen (secondary N) is 1. The molecule has 2 aliphatic rings. The number of rotatable bonds is 5. The maximum Gasteiger partial charge on any atom is 0.321 e. The molecule has 5 heteroatoms. The van der Waals surface area contributed by atoms with E-state index in [0.717, 1.165) is 24.1 Å². The third kappa shape index (κ3) is 3.36. The van der Waals surface area contributed by atoms with E-state index >= 15 is 0 Å². The minimum atomic E-state index is -0.0808. The highest BCUT2D eigenvalue weighted by atomic mass is 16.2. The highest BCUT2D eigenvalue weighted by Crippen LogP contribution is 2.30. The first-order valence-electron chi connectivity index (χ1n) is 8.73. The van der Waals surface area contributed by atoms with Gasteiger partial charge in [-0.2, -0.15) is 0 Å². The van der Waals surface area contributed by atoms with Crippen LogP contribution >= 0.6 is 0 Å². The lowest BCUT2D eigenvalue weighted by Gasteiger charge is -2.23. The minimum Gasteiger partial charge on any atom is -0.336 e. The second-order valence-electron chi connectivity index (χ2n) is 6.58. The molecule has 5 nitrogen and oxygen atoms in total. The molecule has 128 valence electrons. The number of hydrogen-bond acceptors (Lipinski definition) is 2. The zero-order valence-electron chi connectivity index (χ0n) is 14.0. The molecule has 1 N–H and O–H groups in total. The molecule has 0 radical (unpaired) electrons. The van der Waals surface area contributed by atoms with Crippen LogP contribution in [-0.2, 0) is 6.54 Å². The Labute approximate surface area is 147 Å². The van der Waals surface area contributed by atoms with Crippen LogP contribution in [0.5, 0.6) is 0 Å². The first-order valence-corrected chi connectivity index (χ1v) is 8.73. The molecular formula is C20H21N3O2. The van der Waals surface area contributed by atoms with Crippen molar-refractivity contribution in [1.29, 1.82) is 0 Å². The lowest BCUT2D eigenvalue weighted by molar-refractivity contribution is 0.0730. The Hall–Kier alpha value is -2.82. The van der Waals surface area contributed by atoms with E-state index in [4.69, 9.17) is 0 Å². The zero-order valence-corrected chi connectivity index (χ0v) is 14.0. The van der Waals surface area contributed by atoms with E-state index in [-0.39, 0.29) is 11.9 Å². The van der Waals surface area contributed by atoms with Crippen LogP contribution < -0.4 is 10.2 Å². The molecule has 0 atom stereocenters. The van der Waals surface area contributed by atoms with Crippen molar-refractivity contribution >= 4 is 17.6 Å². The van der Waals surface area contributed by atoms with Gasteiger partial charge in [-0.25, -0.2) is 4.79 Å². The summed E-state index contributed by atoms with van der Waals surface area (Å²) in [5.41, 5.74) is 2.65. The number of hydrogen-bond donors (Lipinski definition) is 1. The van der Waals surface area contributed by atoms with Gasteiger partial charge >= 0.3 is 6.03 Å². The smallest absolute Gasteiger partial charge is 0.321 e. The summed E-state index contributed by atoms with van der Waals surface area (Å²) in [4.78, 5) is 28.4. The number of carbonyl (C=O) groups is 2. The van der Waals surface area contributed by atoms with Gasteiger partial charge in [0.2, 0.25) is 0 Å². The van der Waals surface area contributed by atoms with E-state index in [1.807, 2.05) is 47.4 Å². The molecule has 2 fully saturated rings. The Morgan fingerprint density at radius 1 is 1.08 bits per heavy atom. The Balaban J connectivity index is 1.51. The maximum atomic E-state index is 13.0. The number of amides is 3. The molecule has 1 heterocycles. The summed E-state index contributed by atoms with van der Waals surface area (Å²) in [6, 6.07) is 17.7. The Kier molecular flexibility index (Phi) is 4.14. The summed E-state index contributed by atoms with van der Waals surface area (Å²) >= 11 is 0. The van der Waals surface area contributed by atoms with Gasteiger partial charge in [-0.1, -0.05) is 30.3 Å². The molecule has 25 heavy (non-hydrogen) atoms. The van der Waals surface area contributed by atoms with E-state index in [2.05, 4.69) is 17.4 Å². The molecular weight excluding hydrogens is 314 g/mol. The second kappa shape index (κ2) is 6.59. The van der Waals surface area contributed by atoms with Gasteiger partial charge < -0.3 is 10.2 Å². The molecule has 3 amide bonds. The SMILES string of the molecule is O=C1NCCN1c1ccc(C(=O)N(Cc2ccccc2)C2CC2)cc1. The Morgan fingerprint density at radius 3 is 2.40 bits per heavy atom. The van der Waals surface area contributed by atoms with Crippen LogP contribution in [0.3, 0.4) is 0 Å². The molecule has 4 rings (SSSR count). The lowest BCUT2D eigenvalue weighted by Crippen LogP contribution is -2.32. The van der Waals surface area contributed by atoms with Gasteiger partial charge in [0.15, 0.2) is 0 Å². The van der Waals surface area contributed by atoms with Crippen molar-refractivity contribution in [3.05, 3.63) is 65.7 Å². The molecule has 1 aliphatic carbocycles. The highest BCUT2D eigenvalue weighted by molar-refractivity contribution is 5.97. The van der Waals surface area contributed by atoms with E-state index in [0.29, 0.717) is 31.2 Å². The van der Waals surface area contributed by atoms with Crippen LogP contribution in [0.25, 0.3) is 0 Å². The maximum absolute atomic E-state index is 13.0. The molecule has 0 bridgehead atoms. The van der Waals surface area contributed by atoms with Crippen molar-refractivity contribution in [2.45, 2.75) is 25.4 Å². The number of carbonyl (C=O) groups excluding carboxylic acids is 2. The topological polar surface area (TPSA) is 52.7 Å². The lowest BCUT2D eigenvalue weighted by atomic mass is 10.1. The molecule has 0 spiro atoms. The van der Waals surface area contributed by atoms with Crippen LogP contribution in [0.1, 0.15) is 28.8 Å². The van der Waals surface area contributed by atoms with Gasteiger partial charge in [0.05, 0.1) is 0 Å². The fraction of sp³-hybridized carbons (Fsp3) is 0.300. The summed E-state index contributed by atoms with van der Waals surface area (Å²) in [5.74, 6) is 0.0591. The second-order valence-corrected chi connectivity index (χ2v) is 6.58. The van der Waals surface area contributed by atoms with Crippen molar-refractivity contribution in [2.75, 3.05) is 18.0 Å². The largest absolute Gasteiger partial charge is 0.336 e. The highest BCUT2D eigenvalue weighted by Gasteiger charge is 2.33. The number of nitrogens with zero attached hydrogens (tertiary/aromatic N) is 2. The summed E-state index contributed by atoms with van der Waals surface area (Å²) < 4.78 is 0. The average Bonchev–Trinajstić information content (AvgIpc) is 3.41. The zero-order chi connectivity index (χ0) is 17.2. The van der Waals surface area contributed by atoms with Crippen molar-refractivity contribution in [3.8, 4) is 0 Å². The Morgan fingerprint density at radius 2 is 1.80 bits per heavy atom. The molecule has 2 aromatic carbocycles. The monoisotopic (exact) mass is 335 g/mol. The molecule has 0 unspecified atom stereocenters. The normalized spacial score (nSPS) is 16.6. The minimum absolute atomic E-state index is 0.0591. The van der Waals surface area contributed by atoms with Crippen molar-refractivity contribution in [1.82, 2.24) is 10.2 Å². The van der Waals surface area contributed by atoms with Crippen molar-refractivity contribution in [2.24, 2.45) is 0 Å². The van der Waals surface area contributed by atoms with Crippen LogP contribution in [0.4, 0.5) is 10.5 Å². The van der Waals surface area contributed by atoms with Crippen LogP contribution in [0.2, 0.25) is 0 Å². The summed E-state index contributed by atoms with van der Waals surface area (Å²) in [5, 5.41) is 2.79. The number of anilines is 1. The third-order valence-electron chi connectivity index (χ3n) is 4.73. The first kappa shape index (κ1) is 15.7. The van der Waals surface area contributed by atoms with Crippen LogP contribution in [-0.4, -0.2) is 36.0 Å². The molecule has 1 aliphatic heterocycles. The summed E-state index contributed by atoms with van der Waals surface area (Å²) in [6.45, 7) is 1.96. The third-order valence-corrected chi connectivity index (χ3v) is 4.73. The van der Waals surface area contributed by atoms with Crippen molar-refractivity contribution in [3.63, 3.8) is 0 Å². The number of benzene rings is 2. The van der Waals surface area contributed by atoms with Gasteiger partial charge in [-0.05, 0) is 42.7 Å². The van der Waals surface area contributed by atoms with Gasteiger partial charge in [-0.15, -0.1) is 0 Å². The molecule has 2 aromatic rings. The quantitative estimate of drug-likeness (QED) is 0.913. The summed E-state index contributed by atoms with van der Waals surface area (Å²) in [7, 11) is 0. The van der Waals surface area contributed by atoms with Crippen LogP contribution in [0.15, 0.2) is 54.6 Å².